The fourth-order valence-electron chi connectivity index (χ4n) is 2.88. The summed E-state index contributed by atoms with van der Waals surface area (Å²) in [5.41, 5.74) is 4.09. The van der Waals surface area contributed by atoms with Gasteiger partial charge >= 0.3 is 0 Å². The molecule has 180 valence electrons. The summed E-state index contributed by atoms with van der Waals surface area (Å²) in [4.78, 5) is 36.1. The molecule has 0 fully saturated rings. The van der Waals surface area contributed by atoms with Crippen LogP contribution in [0.5, 0.6) is 0 Å². The average molecular weight is 479 g/mol. The Bertz CT molecular complexity index is 1100. The van der Waals surface area contributed by atoms with E-state index in [1.807, 2.05) is 0 Å². The number of sulfonamides is 1. The van der Waals surface area contributed by atoms with Crippen LogP contribution in [0.4, 0.5) is 5.69 Å². The largest absolute Gasteiger partial charge is 0.390 e. The Hall–Kier alpha value is -3.51. The molecule has 12 heteroatoms. The van der Waals surface area contributed by atoms with Crippen LogP contribution in [-0.2, 0) is 26.2 Å². The van der Waals surface area contributed by atoms with E-state index in [1.54, 1.807) is 32.2 Å². The van der Waals surface area contributed by atoms with Crippen LogP contribution in [0.3, 0.4) is 0 Å². The first-order valence-corrected chi connectivity index (χ1v) is 11.6. The number of aldehydes is 1. The van der Waals surface area contributed by atoms with Gasteiger partial charge in [0.15, 0.2) is 0 Å². The van der Waals surface area contributed by atoms with Crippen molar-refractivity contribution < 1.29 is 18.0 Å². The van der Waals surface area contributed by atoms with E-state index in [0.717, 1.165) is 10.9 Å². The van der Waals surface area contributed by atoms with Crippen LogP contribution in [0.15, 0.2) is 52.3 Å². The van der Waals surface area contributed by atoms with Crippen molar-refractivity contribution in [3.63, 3.8) is 0 Å². The third-order valence-corrected chi connectivity index (χ3v) is 5.94. The van der Waals surface area contributed by atoms with Crippen LogP contribution in [0.1, 0.15) is 18.4 Å². The van der Waals surface area contributed by atoms with E-state index in [9.17, 15) is 22.8 Å². The van der Waals surface area contributed by atoms with Crippen molar-refractivity contribution in [2.24, 2.45) is 5.73 Å². The molecule has 11 nitrogen and oxygen atoms in total. The molecule has 2 rings (SSSR count). The zero-order valence-electron chi connectivity index (χ0n) is 18.6. The second-order valence-electron chi connectivity index (χ2n) is 6.95. The van der Waals surface area contributed by atoms with Crippen LogP contribution in [0, 0.1) is 12.3 Å². The third-order valence-electron chi connectivity index (χ3n) is 4.41. The Morgan fingerprint density at radius 2 is 1.91 bits per heavy atom. The molecule has 0 spiro atoms. The molecule has 0 saturated heterocycles. The van der Waals surface area contributed by atoms with Crippen LogP contribution in [-0.4, -0.2) is 51.2 Å². The molecule has 0 aliphatic carbocycles. The van der Waals surface area contributed by atoms with E-state index in [0.29, 0.717) is 31.2 Å². The third kappa shape index (κ3) is 8.86. The van der Waals surface area contributed by atoms with E-state index in [2.05, 4.69) is 21.1 Å². The molecule has 33 heavy (non-hydrogen) atoms. The molecule has 0 aliphatic rings. The van der Waals surface area contributed by atoms with Crippen LogP contribution in [0.25, 0.3) is 0 Å². The minimum absolute atomic E-state index is 0.0629. The first kappa shape index (κ1) is 27.5. The lowest BCUT2D eigenvalue weighted by Gasteiger charge is -2.14. The molecule has 0 radical (unpaired) electrons. The molecule has 1 amide bonds. The highest BCUT2D eigenvalue weighted by Gasteiger charge is 2.19. The van der Waals surface area contributed by atoms with Gasteiger partial charge in [-0.3, -0.25) is 19.7 Å². The second-order valence-corrected chi connectivity index (χ2v) is 8.60. The molecule has 1 aromatic heterocycles. The zero-order valence-corrected chi connectivity index (χ0v) is 19.4. The maximum absolute atomic E-state index is 12.6. The van der Waals surface area contributed by atoms with Gasteiger partial charge in [0.2, 0.25) is 5.91 Å². The lowest BCUT2D eigenvalue weighted by atomic mass is 10.2. The normalized spacial score (nSPS) is 11.5. The number of nitrogens with one attached hydrogen (secondary N) is 4. The van der Waals surface area contributed by atoms with E-state index in [-0.39, 0.29) is 17.1 Å². The van der Waals surface area contributed by atoms with Gasteiger partial charge in [-0.05, 0) is 57.1 Å². The Labute approximate surface area is 192 Å². The number of rotatable bonds is 11. The maximum Gasteiger partial charge on any atom is 0.275 e. The molecule has 0 aliphatic heterocycles. The number of aryl methyl sites for hydroxylation is 1. The predicted octanol–water partition coefficient (Wildman–Crippen LogP) is 0.193. The second kappa shape index (κ2) is 13.8. The number of pyridine rings is 1. The SMILES string of the molecule is CNCCC[C@@H](C=O)NC(=O)Cn1cccc(NS(=O)(=O)c2ccccc2C)c1=O.N=CN. The topological polar surface area (TPSA) is 176 Å². The number of anilines is 1. The number of hydrogen-bond acceptors (Lipinski definition) is 7. The highest BCUT2D eigenvalue weighted by molar-refractivity contribution is 7.92. The van der Waals surface area contributed by atoms with Gasteiger partial charge in [0.1, 0.15) is 18.5 Å². The molecule has 2 aromatic rings. The lowest BCUT2D eigenvalue weighted by molar-refractivity contribution is -0.124. The van der Waals surface area contributed by atoms with Crippen molar-refractivity contribution in [1.29, 1.82) is 5.41 Å². The highest BCUT2D eigenvalue weighted by Crippen LogP contribution is 2.17. The number of carbonyl (C=O) groups is 2. The summed E-state index contributed by atoms with van der Waals surface area (Å²) in [6.07, 6.45) is 3.96. The number of benzene rings is 1. The number of nitrogens with two attached hydrogens (primary N) is 1. The zero-order chi connectivity index (χ0) is 24.9. The van der Waals surface area contributed by atoms with Gasteiger partial charge in [-0.15, -0.1) is 0 Å². The molecule has 0 bridgehead atoms. The van der Waals surface area contributed by atoms with E-state index in [4.69, 9.17) is 5.41 Å². The smallest absolute Gasteiger partial charge is 0.275 e. The predicted molar refractivity (Wildman–Crippen MR) is 127 cm³/mol. The number of aromatic nitrogens is 1. The van der Waals surface area contributed by atoms with E-state index < -0.39 is 27.5 Å². The van der Waals surface area contributed by atoms with Gasteiger partial charge in [0.05, 0.1) is 17.3 Å². The Morgan fingerprint density at radius 1 is 1.24 bits per heavy atom. The maximum atomic E-state index is 12.6. The van der Waals surface area contributed by atoms with Crippen molar-refractivity contribution in [3.8, 4) is 0 Å². The fraction of sp³-hybridized carbons (Fsp3) is 0.333. The van der Waals surface area contributed by atoms with E-state index in [1.165, 1.54) is 24.4 Å². The molecule has 0 unspecified atom stereocenters. The highest BCUT2D eigenvalue weighted by atomic mass is 32.2. The van der Waals surface area contributed by atoms with Gasteiger partial charge in [0.25, 0.3) is 15.6 Å². The van der Waals surface area contributed by atoms with Crippen LogP contribution < -0.4 is 26.6 Å². The summed E-state index contributed by atoms with van der Waals surface area (Å²) < 4.78 is 28.6. The van der Waals surface area contributed by atoms with Crippen molar-refractivity contribution in [3.05, 3.63) is 58.5 Å². The molecular formula is C21H30N6O5S. The monoisotopic (exact) mass is 478 g/mol. The number of hydrogen-bond donors (Lipinski definition) is 5. The summed E-state index contributed by atoms with van der Waals surface area (Å²) in [6, 6.07) is 8.56. The van der Waals surface area contributed by atoms with Gasteiger partial charge in [-0.25, -0.2) is 8.42 Å². The van der Waals surface area contributed by atoms with Crippen molar-refractivity contribution >= 4 is 34.2 Å². The summed E-state index contributed by atoms with van der Waals surface area (Å²) in [5, 5.41) is 11.4. The molecule has 0 saturated carbocycles. The molecular weight excluding hydrogens is 448 g/mol. The fourth-order valence-corrected chi connectivity index (χ4v) is 4.18. The van der Waals surface area contributed by atoms with Crippen molar-refractivity contribution in [1.82, 2.24) is 15.2 Å². The molecule has 1 heterocycles. The Balaban J connectivity index is 0.00000172. The first-order chi connectivity index (χ1) is 15.7. The van der Waals surface area contributed by atoms with Gasteiger partial charge < -0.3 is 25.7 Å². The number of carbonyl (C=O) groups excluding carboxylic acids is 2. The Morgan fingerprint density at radius 3 is 2.52 bits per heavy atom. The van der Waals surface area contributed by atoms with Crippen LogP contribution >= 0.6 is 0 Å². The van der Waals surface area contributed by atoms with Gasteiger partial charge in [-0.1, -0.05) is 18.2 Å². The van der Waals surface area contributed by atoms with Gasteiger partial charge in [0, 0.05) is 6.20 Å². The number of nitrogens with zero attached hydrogens (tertiary/aromatic N) is 1. The minimum atomic E-state index is -3.96. The van der Waals surface area contributed by atoms with Crippen molar-refractivity contribution in [2.75, 3.05) is 18.3 Å². The van der Waals surface area contributed by atoms with Crippen LogP contribution in [0.2, 0.25) is 0 Å². The molecule has 6 N–H and O–H groups in total. The van der Waals surface area contributed by atoms with Gasteiger partial charge in [-0.2, -0.15) is 0 Å². The standard InChI is InChI=1S/C20H26N4O5S.CH4N2/c1-15-7-3-4-10-18(15)30(28,29)23-17-9-6-12-24(20(17)27)13-19(26)22-16(14-25)8-5-11-21-2;2-1-3/h3-4,6-7,9-10,12,14,16,21,23H,5,8,11,13H2,1-2H3,(H,22,26);1H,(H3,2,3)/t16-;/m0./s1. The molecule has 1 aromatic carbocycles. The Kier molecular flexibility index (Phi) is 11.5. The summed E-state index contributed by atoms with van der Waals surface area (Å²) >= 11 is 0. The quantitative estimate of drug-likeness (QED) is 0.132. The average Bonchev–Trinajstić information content (AvgIpc) is 2.76. The first-order valence-electron chi connectivity index (χ1n) is 10.1. The van der Waals surface area contributed by atoms with Crippen molar-refractivity contribution in [2.45, 2.75) is 37.2 Å². The summed E-state index contributed by atoms with van der Waals surface area (Å²) in [5.74, 6) is -0.516. The summed E-state index contributed by atoms with van der Waals surface area (Å²) in [7, 11) is -2.17. The minimum Gasteiger partial charge on any atom is -0.390 e. The lowest BCUT2D eigenvalue weighted by Crippen LogP contribution is -2.40. The summed E-state index contributed by atoms with van der Waals surface area (Å²) in [6.45, 7) is 2.03. The number of amides is 1. The molecule has 1 atom stereocenters. The van der Waals surface area contributed by atoms with E-state index >= 15 is 0 Å².